The zero-order valence-corrected chi connectivity index (χ0v) is 12.6. The van der Waals surface area contributed by atoms with E-state index in [1.165, 1.54) is 18.2 Å². The van der Waals surface area contributed by atoms with Gasteiger partial charge in [-0.05, 0) is 38.1 Å². The van der Waals surface area contributed by atoms with E-state index in [9.17, 15) is 19.7 Å². The smallest absolute Gasteiger partial charge is 0.267 e. The summed E-state index contributed by atoms with van der Waals surface area (Å²) in [5, 5.41) is 10.8. The number of hydrogen-bond acceptors (Lipinski definition) is 4. The molecule has 23 heavy (non-hydrogen) atoms. The Morgan fingerprint density at radius 3 is 2.09 bits per heavy atom. The molecule has 0 radical (unpaired) electrons. The number of carbonyl (C=O) groups excluding carboxylic acids is 2. The van der Waals surface area contributed by atoms with E-state index >= 15 is 0 Å². The number of hydrogen-bond donors (Lipinski definition) is 2. The quantitative estimate of drug-likeness (QED) is 0.670. The van der Waals surface area contributed by atoms with Gasteiger partial charge in [-0.3, -0.25) is 30.6 Å². The van der Waals surface area contributed by atoms with Crippen molar-refractivity contribution in [1.29, 1.82) is 0 Å². The second-order valence-electron chi connectivity index (χ2n) is 5.04. The fraction of sp³-hybridized carbons (Fsp3) is 0.125. The number of benzene rings is 2. The zero-order valence-electron chi connectivity index (χ0n) is 12.6. The summed E-state index contributed by atoms with van der Waals surface area (Å²) in [6.45, 7) is 3.40. The molecule has 0 unspecified atom stereocenters. The van der Waals surface area contributed by atoms with Crippen LogP contribution in [0.4, 0.5) is 5.69 Å². The van der Waals surface area contributed by atoms with E-state index in [1.807, 2.05) is 13.0 Å². The van der Waals surface area contributed by atoms with E-state index in [-0.39, 0.29) is 11.3 Å². The van der Waals surface area contributed by atoms with Crippen LogP contribution in [0.5, 0.6) is 0 Å². The van der Waals surface area contributed by atoms with E-state index in [4.69, 9.17) is 0 Å². The van der Waals surface area contributed by atoms with Gasteiger partial charge >= 0.3 is 0 Å². The SMILES string of the molecule is Cc1cccc(C(=O)NNC(=O)c2ccc([N+](=O)[O-])c(C)c2)c1. The molecule has 118 valence electrons. The first-order valence-corrected chi connectivity index (χ1v) is 6.81. The molecule has 2 aromatic rings. The topological polar surface area (TPSA) is 101 Å². The van der Waals surface area contributed by atoms with Gasteiger partial charge < -0.3 is 0 Å². The molecule has 2 N–H and O–H groups in total. The molecule has 0 aliphatic rings. The van der Waals surface area contributed by atoms with Gasteiger partial charge in [0.1, 0.15) is 0 Å². The first kappa shape index (κ1) is 16.2. The molecule has 0 saturated carbocycles. The molecular weight excluding hydrogens is 298 g/mol. The van der Waals surface area contributed by atoms with Gasteiger partial charge in [-0.15, -0.1) is 0 Å². The van der Waals surface area contributed by atoms with Crippen LogP contribution in [0.1, 0.15) is 31.8 Å². The van der Waals surface area contributed by atoms with Crippen LogP contribution in [0.2, 0.25) is 0 Å². The summed E-state index contributed by atoms with van der Waals surface area (Å²) in [5.74, 6) is -0.996. The summed E-state index contributed by atoms with van der Waals surface area (Å²) >= 11 is 0. The number of rotatable bonds is 3. The molecule has 2 amide bonds. The lowest BCUT2D eigenvalue weighted by Gasteiger charge is -2.08. The van der Waals surface area contributed by atoms with Crippen molar-refractivity contribution in [2.75, 3.05) is 0 Å². The molecule has 0 bridgehead atoms. The molecule has 0 heterocycles. The van der Waals surface area contributed by atoms with Crippen LogP contribution in [0, 0.1) is 24.0 Å². The Morgan fingerprint density at radius 1 is 0.957 bits per heavy atom. The van der Waals surface area contributed by atoms with Crippen molar-refractivity contribution in [3.63, 3.8) is 0 Å². The van der Waals surface area contributed by atoms with Gasteiger partial charge in [0.25, 0.3) is 17.5 Å². The third-order valence-corrected chi connectivity index (χ3v) is 3.23. The minimum Gasteiger partial charge on any atom is -0.267 e. The maximum absolute atomic E-state index is 12.0. The Bertz CT molecular complexity index is 787. The highest BCUT2D eigenvalue weighted by atomic mass is 16.6. The Hall–Kier alpha value is -3.22. The first-order chi connectivity index (χ1) is 10.9. The number of nitrogens with one attached hydrogen (secondary N) is 2. The highest BCUT2D eigenvalue weighted by Crippen LogP contribution is 2.18. The van der Waals surface area contributed by atoms with Crippen LogP contribution < -0.4 is 10.9 Å². The van der Waals surface area contributed by atoms with E-state index in [1.54, 1.807) is 25.1 Å². The van der Waals surface area contributed by atoms with Crippen LogP contribution in [0.25, 0.3) is 0 Å². The molecule has 0 fully saturated rings. The number of nitro groups is 1. The third kappa shape index (κ3) is 3.91. The predicted octanol–water partition coefficient (Wildman–Crippen LogP) is 2.29. The number of carbonyl (C=O) groups is 2. The summed E-state index contributed by atoms with van der Waals surface area (Å²) in [5.41, 5.74) is 6.46. The van der Waals surface area contributed by atoms with Crippen LogP contribution in [-0.4, -0.2) is 16.7 Å². The lowest BCUT2D eigenvalue weighted by atomic mass is 10.1. The summed E-state index contributed by atoms with van der Waals surface area (Å²) in [6, 6.07) is 10.9. The van der Waals surface area contributed by atoms with Crippen LogP contribution in [-0.2, 0) is 0 Å². The number of aryl methyl sites for hydroxylation is 2. The van der Waals surface area contributed by atoms with E-state index in [2.05, 4.69) is 10.9 Å². The molecule has 0 aliphatic carbocycles. The van der Waals surface area contributed by atoms with E-state index < -0.39 is 16.7 Å². The standard InChI is InChI=1S/C16H15N3O4/c1-10-4-3-5-12(8-10)15(20)17-18-16(21)13-6-7-14(19(22)23)11(2)9-13/h3-9H,1-2H3,(H,17,20)(H,18,21). The van der Waals surface area contributed by atoms with Gasteiger partial charge in [0.15, 0.2) is 0 Å². The van der Waals surface area contributed by atoms with Crippen LogP contribution in [0.15, 0.2) is 42.5 Å². The Labute approximate surface area is 132 Å². The number of amides is 2. The lowest BCUT2D eigenvalue weighted by Crippen LogP contribution is -2.41. The Kier molecular flexibility index (Phi) is 4.70. The van der Waals surface area contributed by atoms with Crippen molar-refractivity contribution in [2.45, 2.75) is 13.8 Å². The third-order valence-electron chi connectivity index (χ3n) is 3.23. The number of hydrazine groups is 1. The summed E-state index contributed by atoms with van der Waals surface area (Å²) in [6.07, 6.45) is 0. The van der Waals surface area contributed by atoms with Gasteiger partial charge in [-0.1, -0.05) is 17.7 Å². The van der Waals surface area contributed by atoms with Crippen molar-refractivity contribution < 1.29 is 14.5 Å². The van der Waals surface area contributed by atoms with Crippen molar-refractivity contribution in [2.24, 2.45) is 0 Å². The van der Waals surface area contributed by atoms with Gasteiger partial charge in [0, 0.05) is 22.8 Å². The second-order valence-corrected chi connectivity index (χ2v) is 5.04. The lowest BCUT2D eigenvalue weighted by molar-refractivity contribution is -0.385. The first-order valence-electron chi connectivity index (χ1n) is 6.81. The zero-order chi connectivity index (χ0) is 17.0. The molecule has 0 atom stereocenters. The summed E-state index contributed by atoms with van der Waals surface area (Å²) in [4.78, 5) is 34.1. The molecule has 2 aromatic carbocycles. The largest absolute Gasteiger partial charge is 0.272 e. The number of nitro benzene ring substituents is 1. The van der Waals surface area contributed by atoms with Gasteiger partial charge in [-0.25, -0.2) is 0 Å². The van der Waals surface area contributed by atoms with Crippen LogP contribution in [0.3, 0.4) is 0 Å². The molecule has 0 saturated heterocycles. The fourth-order valence-corrected chi connectivity index (χ4v) is 2.05. The van der Waals surface area contributed by atoms with Crippen molar-refractivity contribution in [1.82, 2.24) is 10.9 Å². The molecule has 2 rings (SSSR count). The minimum atomic E-state index is -0.552. The predicted molar refractivity (Wildman–Crippen MR) is 83.9 cm³/mol. The fourth-order valence-electron chi connectivity index (χ4n) is 2.05. The average molecular weight is 313 g/mol. The Morgan fingerprint density at radius 2 is 1.57 bits per heavy atom. The summed E-state index contributed by atoms with van der Waals surface area (Å²) < 4.78 is 0. The second kappa shape index (κ2) is 6.69. The molecule has 0 aliphatic heterocycles. The minimum absolute atomic E-state index is 0.0645. The monoisotopic (exact) mass is 313 g/mol. The van der Waals surface area contributed by atoms with Crippen LogP contribution >= 0.6 is 0 Å². The van der Waals surface area contributed by atoms with Gasteiger partial charge in [-0.2, -0.15) is 0 Å². The maximum atomic E-state index is 12.0. The van der Waals surface area contributed by atoms with Gasteiger partial charge in [0.05, 0.1) is 4.92 Å². The van der Waals surface area contributed by atoms with E-state index in [0.717, 1.165) is 5.56 Å². The molecule has 7 heteroatoms. The highest BCUT2D eigenvalue weighted by Gasteiger charge is 2.14. The molecule has 7 nitrogen and oxygen atoms in total. The van der Waals surface area contributed by atoms with Crippen molar-refractivity contribution >= 4 is 17.5 Å². The average Bonchev–Trinajstić information content (AvgIpc) is 2.51. The van der Waals surface area contributed by atoms with Crippen molar-refractivity contribution in [3.05, 3.63) is 74.8 Å². The molecule has 0 spiro atoms. The van der Waals surface area contributed by atoms with Crippen molar-refractivity contribution in [3.8, 4) is 0 Å². The normalized spacial score (nSPS) is 10.0. The Balaban J connectivity index is 2.04. The number of nitrogens with zero attached hydrogens (tertiary/aromatic N) is 1. The maximum Gasteiger partial charge on any atom is 0.272 e. The van der Waals surface area contributed by atoms with E-state index in [0.29, 0.717) is 11.1 Å². The molecular formula is C16H15N3O4. The summed E-state index contributed by atoms with van der Waals surface area (Å²) in [7, 11) is 0. The molecule has 0 aromatic heterocycles. The highest BCUT2D eigenvalue weighted by molar-refractivity contribution is 5.99. The van der Waals surface area contributed by atoms with Gasteiger partial charge in [0.2, 0.25) is 0 Å².